The lowest BCUT2D eigenvalue weighted by Gasteiger charge is -2.31. The molecule has 1 aromatic rings. The number of rotatable bonds is 8. The molecule has 0 fully saturated rings. The van der Waals surface area contributed by atoms with Crippen molar-refractivity contribution < 1.29 is 45.1 Å². The third kappa shape index (κ3) is 6.71. The topological polar surface area (TPSA) is 55.4 Å². The quantitative estimate of drug-likeness (QED) is 0.230. The predicted molar refractivity (Wildman–Crippen MR) is 97.1 cm³/mol. The molecule has 4 nitrogen and oxygen atoms in total. The maximum Gasteiger partial charge on any atom is 0.431 e. The van der Waals surface area contributed by atoms with E-state index in [-0.39, 0.29) is 13.0 Å². The molecule has 29 heavy (non-hydrogen) atoms. The minimum Gasteiger partial charge on any atom is -0.464 e. The van der Waals surface area contributed by atoms with Gasteiger partial charge in [-0.2, -0.15) is 26.3 Å². The van der Waals surface area contributed by atoms with E-state index in [1.165, 1.54) is 6.92 Å². The van der Waals surface area contributed by atoms with Gasteiger partial charge in [0.05, 0.1) is 10.5 Å². The summed E-state index contributed by atoms with van der Waals surface area (Å²) in [5.41, 5.74) is -5.01. The van der Waals surface area contributed by atoms with E-state index in [1.54, 1.807) is 30.3 Å². The fourth-order valence-electron chi connectivity index (χ4n) is 2.28. The summed E-state index contributed by atoms with van der Waals surface area (Å²) >= 11 is 0.978. The predicted octanol–water partition coefficient (Wildman–Crippen LogP) is 4.30. The number of amides is 1. The monoisotopic (exact) mass is 543 g/mol. The third-order valence-corrected chi connectivity index (χ3v) is 4.82. The summed E-state index contributed by atoms with van der Waals surface area (Å²) in [6, 6.07) is 6.76. The highest BCUT2D eigenvalue weighted by molar-refractivity contribution is 14.1. The van der Waals surface area contributed by atoms with Crippen LogP contribution in [0.2, 0.25) is 0 Å². The SMILES string of the molecule is CCOC(=O)[C@H](Cc1ccccc1)NC(=O)C(I)CC(F)(C(F)(F)F)C(F)(F)F. The summed E-state index contributed by atoms with van der Waals surface area (Å²) in [7, 11) is 0. The van der Waals surface area contributed by atoms with Crippen LogP contribution in [0, 0.1) is 0 Å². The van der Waals surface area contributed by atoms with Gasteiger partial charge < -0.3 is 10.1 Å². The Kier molecular flexibility index (Phi) is 8.72. The van der Waals surface area contributed by atoms with Crippen molar-refractivity contribution >= 4 is 34.5 Å². The first-order chi connectivity index (χ1) is 13.2. The molecule has 0 aliphatic heterocycles. The van der Waals surface area contributed by atoms with Crippen molar-refractivity contribution in [2.45, 2.75) is 47.8 Å². The van der Waals surface area contributed by atoms with Crippen molar-refractivity contribution in [3.05, 3.63) is 35.9 Å². The lowest BCUT2D eigenvalue weighted by molar-refractivity contribution is -0.342. The van der Waals surface area contributed by atoms with Crippen LogP contribution in [0.25, 0.3) is 0 Å². The van der Waals surface area contributed by atoms with Gasteiger partial charge in [0, 0.05) is 12.8 Å². The van der Waals surface area contributed by atoms with E-state index < -0.39 is 46.3 Å². The van der Waals surface area contributed by atoms with Crippen LogP contribution in [0.3, 0.4) is 0 Å². The van der Waals surface area contributed by atoms with Crippen molar-refractivity contribution in [3.63, 3.8) is 0 Å². The van der Waals surface area contributed by atoms with E-state index in [2.05, 4.69) is 5.32 Å². The fraction of sp³-hybridized carbons (Fsp3) is 0.529. The van der Waals surface area contributed by atoms with Gasteiger partial charge in [-0.05, 0) is 12.5 Å². The molecule has 0 spiro atoms. The molecule has 164 valence electrons. The molecule has 0 aromatic heterocycles. The molecule has 1 N–H and O–H groups in total. The zero-order chi connectivity index (χ0) is 22.5. The Hall–Kier alpha value is -1.60. The number of hydrogen-bond donors (Lipinski definition) is 1. The van der Waals surface area contributed by atoms with Gasteiger partial charge in [0.2, 0.25) is 5.91 Å². The molecule has 1 amide bonds. The van der Waals surface area contributed by atoms with Gasteiger partial charge in [-0.1, -0.05) is 52.9 Å². The highest BCUT2D eigenvalue weighted by Gasteiger charge is 2.72. The molecule has 1 aromatic carbocycles. The Bertz CT molecular complexity index is 681. The van der Waals surface area contributed by atoms with Crippen LogP contribution < -0.4 is 5.32 Å². The maximum atomic E-state index is 13.9. The lowest BCUT2D eigenvalue weighted by atomic mass is 9.97. The maximum absolute atomic E-state index is 13.9. The summed E-state index contributed by atoms with van der Waals surface area (Å²) in [5.74, 6) is -2.28. The van der Waals surface area contributed by atoms with E-state index >= 15 is 0 Å². The number of carbonyl (C=O) groups is 2. The van der Waals surface area contributed by atoms with Crippen LogP contribution >= 0.6 is 22.6 Å². The molecule has 0 saturated carbocycles. The third-order valence-electron chi connectivity index (χ3n) is 3.81. The molecule has 2 atom stereocenters. The number of esters is 1. The molecule has 0 radical (unpaired) electrons. The van der Waals surface area contributed by atoms with Gasteiger partial charge in [0.25, 0.3) is 0 Å². The first kappa shape index (κ1) is 25.4. The number of halogens is 8. The van der Waals surface area contributed by atoms with Crippen molar-refractivity contribution in [2.24, 2.45) is 0 Å². The van der Waals surface area contributed by atoms with E-state index in [1.807, 2.05) is 0 Å². The summed E-state index contributed by atoms with van der Waals surface area (Å²) in [4.78, 5) is 24.2. The van der Waals surface area contributed by atoms with Crippen molar-refractivity contribution in [1.82, 2.24) is 5.32 Å². The highest BCUT2D eigenvalue weighted by Crippen LogP contribution is 2.49. The van der Waals surface area contributed by atoms with Crippen molar-refractivity contribution in [1.29, 1.82) is 0 Å². The first-order valence-electron chi connectivity index (χ1n) is 8.20. The van der Waals surface area contributed by atoms with Gasteiger partial charge in [0.1, 0.15) is 6.04 Å². The Balaban J connectivity index is 2.99. The summed E-state index contributed by atoms with van der Waals surface area (Å²) in [6.07, 6.45) is -14.8. The van der Waals surface area contributed by atoms with Gasteiger partial charge in [-0.25, -0.2) is 9.18 Å². The van der Waals surface area contributed by atoms with Gasteiger partial charge in [-0.15, -0.1) is 0 Å². The highest BCUT2D eigenvalue weighted by atomic mass is 127. The number of hydrogen-bond acceptors (Lipinski definition) is 3. The molecule has 0 bridgehead atoms. The van der Waals surface area contributed by atoms with E-state index in [0.717, 1.165) is 22.6 Å². The summed E-state index contributed by atoms with van der Waals surface area (Å²) in [5, 5.41) is 2.05. The average molecular weight is 543 g/mol. The summed E-state index contributed by atoms with van der Waals surface area (Å²) in [6.45, 7) is 1.41. The van der Waals surface area contributed by atoms with E-state index in [4.69, 9.17) is 4.74 Å². The van der Waals surface area contributed by atoms with Crippen LogP contribution in [0.5, 0.6) is 0 Å². The minimum atomic E-state index is -6.26. The zero-order valence-corrected chi connectivity index (χ0v) is 17.1. The Morgan fingerprint density at radius 3 is 2.00 bits per heavy atom. The Morgan fingerprint density at radius 1 is 1.03 bits per heavy atom. The summed E-state index contributed by atoms with van der Waals surface area (Å²) < 4.78 is 92.8. The number of carbonyl (C=O) groups excluding carboxylic acids is 2. The van der Waals surface area contributed by atoms with Crippen molar-refractivity contribution in [2.75, 3.05) is 6.61 Å². The van der Waals surface area contributed by atoms with Crippen molar-refractivity contribution in [3.8, 4) is 0 Å². The second-order valence-corrected chi connectivity index (χ2v) is 7.47. The molecule has 1 unspecified atom stereocenters. The number of alkyl halides is 8. The molecule has 1 rings (SSSR count). The molecule has 0 saturated heterocycles. The van der Waals surface area contributed by atoms with Crippen LogP contribution in [0.15, 0.2) is 30.3 Å². The average Bonchev–Trinajstić information content (AvgIpc) is 2.60. The zero-order valence-electron chi connectivity index (χ0n) is 14.9. The standard InChI is InChI=1S/C17H17F7INO3/c1-2-29-14(28)12(8-10-6-4-3-5-7-10)26-13(27)11(25)9-15(18,16(19,20)21)17(22,23)24/h3-7,11-12H,2,8-9H2,1H3,(H,26,27)/t11?,12-/m0/s1. The minimum absolute atomic E-state index is 0.0661. The number of benzene rings is 1. The Labute approximate surface area is 175 Å². The van der Waals surface area contributed by atoms with Crippen LogP contribution in [-0.2, 0) is 20.7 Å². The first-order valence-corrected chi connectivity index (χ1v) is 9.45. The normalized spacial score (nSPS) is 14.8. The molecular formula is C17H17F7INO3. The lowest BCUT2D eigenvalue weighted by Crippen LogP contribution is -2.56. The molecule has 0 aliphatic rings. The smallest absolute Gasteiger partial charge is 0.431 e. The van der Waals surface area contributed by atoms with Crippen LogP contribution in [0.4, 0.5) is 30.7 Å². The fourth-order valence-corrected chi connectivity index (χ4v) is 3.07. The number of ether oxygens (including phenoxy) is 1. The second kappa shape index (κ2) is 9.94. The van der Waals surface area contributed by atoms with Gasteiger partial charge in [0.15, 0.2) is 0 Å². The van der Waals surface area contributed by atoms with Gasteiger partial charge in [-0.3, -0.25) is 4.79 Å². The van der Waals surface area contributed by atoms with Crippen LogP contribution in [-0.4, -0.2) is 46.5 Å². The number of nitrogens with one attached hydrogen (secondary N) is 1. The largest absolute Gasteiger partial charge is 0.464 e. The molecular weight excluding hydrogens is 526 g/mol. The van der Waals surface area contributed by atoms with Gasteiger partial charge >= 0.3 is 24.0 Å². The molecule has 0 aliphatic carbocycles. The second-order valence-electron chi connectivity index (χ2n) is 5.97. The molecule has 0 heterocycles. The molecule has 12 heteroatoms. The van der Waals surface area contributed by atoms with E-state index in [9.17, 15) is 40.3 Å². The van der Waals surface area contributed by atoms with Crippen LogP contribution in [0.1, 0.15) is 18.9 Å². The van der Waals surface area contributed by atoms with E-state index in [0.29, 0.717) is 5.56 Å². The Morgan fingerprint density at radius 2 is 1.55 bits per heavy atom.